The van der Waals surface area contributed by atoms with Crippen molar-refractivity contribution in [3.8, 4) is 12.3 Å². The van der Waals surface area contributed by atoms with Gasteiger partial charge in [-0.2, -0.15) is 0 Å². The van der Waals surface area contributed by atoms with Gasteiger partial charge in [0.25, 0.3) is 0 Å². The standard InChI is InChI=1S/C3H3ClOS/c1-2-3-6(4)5/h1H,3H2. The third-order valence-electron chi connectivity index (χ3n) is 0.197. The maximum Gasteiger partial charge on any atom is 0.127 e. The molecule has 0 radical (unpaired) electrons. The van der Waals surface area contributed by atoms with Gasteiger partial charge in [0.15, 0.2) is 0 Å². The second-order valence-electron chi connectivity index (χ2n) is 0.638. The van der Waals surface area contributed by atoms with E-state index in [1.165, 1.54) is 0 Å². The van der Waals surface area contributed by atoms with Crippen LogP contribution in [-0.4, -0.2) is 9.96 Å². The lowest BCUT2D eigenvalue weighted by atomic mass is 10.8. The molecule has 0 N–H and O–H groups in total. The Balaban J connectivity index is 3.13. The lowest BCUT2D eigenvalue weighted by molar-refractivity contribution is 0.693. The minimum absolute atomic E-state index is 0.140. The summed E-state index contributed by atoms with van der Waals surface area (Å²) in [5.74, 6) is 2.28. The molecule has 0 saturated heterocycles. The summed E-state index contributed by atoms with van der Waals surface area (Å²) < 4.78 is 9.78. The first kappa shape index (κ1) is 6.00. The lowest BCUT2D eigenvalue weighted by Crippen LogP contribution is -1.79. The van der Waals surface area contributed by atoms with E-state index in [0.29, 0.717) is 0 Å². The highest BCUT2D eigenvalue weighted by Crippen LogP contribution is 1.82. The Morgan fingerprint density at radius 2 is 2.50 bits per heavy atom. The van der Waals surface area contributed by atoms with Gasteiger partial charge in [-0.15, -0.1) is 6.42 Å². The molecule has 0 fully saturated rings. The fourth-order valence-electron chi connectivity index (χ4n) is 0.0655. The van der Waals surface area contributed by atoms with Crippen molar-refractivity contribution in [3.63, 3.8) is 0 Å². The third-order valence-corrected chi connectivity index (χ3v) is 0.918. The summed E-state index contributed by atoms with van der Waals surface area (Å²) in [6, 6.07) is 0. The Morgan fingerprint density at radius 1 is 2.00 bits per heavy atom. The quantitative estimate of drug-likeness (QED) is 0.366. The van der Waals surface area contributed by atoms with Gasteiger partial charge in [-0.3, -0.25) is 0 Å². The van der Waals surface area contributed by atoms with Gasteiger partial charge in [0, 0.05) is 0 Å². The SMILES string of the molecule is C#CCS(=O)Cl. The van der Waals surface area contributed by atoms with E-state index in [0.717, 1.165) is 0 Å². The Labute approximate surface area is 43.6 Å². The van der Waals surface area contributed by atoms with Crippen molar-refractivity contribution in [2.75, 3.05) is 5.75 Å². The van der Waals surface area contributed by atoms with Crippen LogP contribution < -0.4 is 0 Å². The van der Waals surface area contributed by atoms with Crippen LogP contribution in [0.1, 0.15) is 0 Å². The molecule has 1 atom stereocenters. The van der Waals surface area contributed by atoms with Crippen LogP contribution in [0.15, 0.2) is 0 Å². The van der Waals surface area contributed by atoms with Crippen molar-refractivity contribution < 1.29 is 4.21 Å². The molecule has 6 heavy (non-hydrogen) atoms. The molecule has 0 aromatic carbocycles. The summed E-state index contributed by atoms with van der Waals surface area (Å²) in [4.78, 5) is 0. The topological polar surface area (TPSA) is 17.1 Å². The maximum absolute atomic E-state index is 9.78. The van der Waals surface area contributed by atoms with E-state index in [2.05, 4.69) is 5.92 Å². The monoisotopic (exact) mass is 122 g/mol. The zero-order valence-corrected chi connectivity index (χ0v) is 4.55. The van der Waals surface area contributed by atoms with Crippen molar-refractivity contribution in [2.24, 2.45) is 0 Å². The van der Waals surface area contributed by atoms with Gasteiger partial charge in [0.1, 0.15) is 10.0 Å². The minimum Gasteiger partial charge on any atom is -0.242 e. The molecule has 3 heteroatoms. The minimum atomic E-state index is -1.33. The number of hydrogen-bond donors (Lipinski definition) is 0. The van der Waals surface area contributed by atoms with Crippen LogP contribution >= 0.6 is 10.7 Å². The summed E-state index contributed by atoms with van der Waals surface area (Å²) in [5.41, 5.74) is 0. The molecular formula is C3H3ClOS. The Morgan fingerprint density at radius 3 is 2.50 bits per heavy atom. The first-order valence-electron chi connectivity index (χ1n) is 1.25. The molecule has 0 aromatic rings. The van der Waals surface area contributed by atoms with Gasteiger partial charge in [0.2, 0.25) is 0 Å². The van der Waals surface area contributed by atoms with Crippen LogP contribution in [0.4, 0.5) is 0 Å². The van der Waals surface area contributed by atoms with Crippen LogP contribution in [0.2, 0.25) is 0 Å². The van der Waals surface area contributed by atoms with E-state index in [-0.39, 0.29) is 5.75 Å². The first-order valence-corrected chi connectivity index (χ1v) is 3.40. The van der Waals surface area contributed by atoms with E-state index >= 15 is 0 Å². The smallest absolute Gasteiger partial charge is 0.127 e. The summed E-state index contributed by atoms with van der Waals surface area (Å²) >= 11 is 0. The van der Waals surface area contributed by atoms with E-state index in [9.17, 15) is 4.21 Å². The van der Waals surface area contributed by atoms with E-state index in [1.54, 1.807) is 0 Å². The number of terminal acetylenes is 1. The molecule has 0 aliphatic heterocycles. The van der Waals surface area contributed by atoms with Crippen molar-refractivity contribution in [3.05, 3.63) is 0 Å². The van der Waals surface area contributed by atoms with Gasteiger partial charge in [0.05, 0.1) is 5.75 Å². The molecule has 0 amide bonds. The lowest BCUT2D eigenvalue weighted by Gasteiger charge is -1.71. The molecule has 0 spiro atoms. The molecule has 0 saturated carbocycles. The van der Waals surface area contributed by atoms with Crippen molar-refractivity contribution >= 4 is 20.7 Å². The van der Waals surface area contributed by atoms with Crippen LogP contribution in [0.5, 0.6) is 0 Å². The highest BCUT2D eigenvalue weighted by molar-refractivity contribution is 8.08. The fourth-order valence-corrected chi connectivity index (χ4v) is 0.386. The second-order valence-corrected chi connectivity index (χ2v) is 2.54. The van der Waals surface area contributed by atoms with Crippen LogP contribution in [0.3, 0.4) is 0 Å². The van der Waals surface area contributed by atoms with Crippen LogP contribution in [0, 0.1) is 12.3 Å². The number of hydrogen-bond acceptors (Lipinski definition) is 1. The van der Waals surface area contributed by atoms with Gasteiger partial charge in [-0.25, -0.2) is 4.21 Å². The molecular weight excluding hydrogens is 120 g/mol. The van der Waals surface area contributed by atoms with Gasteiger partial charge in [-0.05, 0) is 10.7 Å². The maximum atomic E-state index is 9.78. The first-order chi connectivity index (χ1) is 2.77. The molecule has 0 aromatic heterocycles. The van der Waals surface area contributed by atoms with Gasteiger partial charge in [-0.1, -0.05) is 5.92 Å². The normalized spacial score (nSPS) is 12.7. The number of halogens is 1. The molecule has 0 bridgehead atoms. The van der Waals surface area contributed by atoms with E-state index in [4.69, 9.17) is 17.1 Å². The summed E-state index contributed by atoms with van der Waals surface area (Å²) in [6.07, 6.45) is 4.70. The molecule has 0 aliphatic carbocycles. The highest BCUT2D eigenvalue weighted by atomic mass is 35.7. The summed E-state index contributed by atoms with van der Waals surface area (Å²) in [7, 11) is 3.58. The Hall–Kier alpha value is -0.0000000000000000555. The molecule has 34 valence electrons. The van der Waals surface area contributed by atoms with Crippen molar-refractivity contribution in [1.82, 2.24) is 0 Å². The van der Waals surface area contributed by atoms with Crippen LogP contribution in [-0.2, 0) is 10.0 Å². The van der Waals surface area contributed by atoms with Crippen LogP contribution in [0.25, 0.3) is 0 Å². The molecule has 0 rings (SSSR count). The highest BCUT2D eigenvalue weighted by Gasteiger charge is 1.81. The summed E-state index contributed by atoms with van der Waals surface area (Å²) in [5, 5.41) is 0. The number of rotatable bonds is 1. The Bertz CT molecular complexity index is 93.5. The predicted molar refractivity (Wildman–Crippen MR) is 27.7 cm³/mol. The Kier molecular flexibility index (Phi) is 3.20. The van der Waals surface area contributed by atoms with Crippen molar-refractivity contribution in [1.29, 1.82) is 0 Å². The zero-order valence-electron chi connectivity index (χ0n) is 2.98. The molecule has 0 aliphatic rings. The average Bonchev–Trinajstić information content (AvgIpc) is 1.35. The molecule has 0 heterocycles. The molecule has 1 unspecified atom stereocenters. The average molecular weight is 123 g/mol. The zero-order chi connectivity index (χ0) is 4.99. The van der Waals surface area contributed by atoms with Gasteiger partial charge < -0.3 is 0 Å². The molecule has 1 nitrogen and oxygen atoms in total. The fraction of sp³-hybridized carbons (Fsp3) is 0.333. The third kappa shape index (κ3) is 4.00. The predicted octanol–water partition coefficient (Wildman–Crippen LogP) is 0.522. The second kappa shape index (κ2) is 3.20. The summed E-state index contributed by atoms with van der Waals surface area (Å²) in [6.45, 7) is 0. The van der Waals surface area contributed by atoms with Gasteiger partial charge >= 0.3 is 0 Å². The van der Waals surface area contributed by atoms with E-state index in [1.807, 2.05) is 0 Å². The van der Waals surface area contributed by atoms with Crippen molar-refractivity contribution in [2.45, 2.75) is 0 Å². The largest absolute Gasteiger partial charge is 0.242 e. The van der Waals surface area contributed by atoms with E-state index < -0.39 is 10.0 Å².